The fourth-order valence-corrected chi connectivity index (χ4v) is 4.64. The number of hydrogen-bond acceptors (Lipinski definition) is 5. The first kappa shape index (κ1) is 26.8. The minimum Gasteiger partial charge on any atom is -0.427 e. The highest BCUT2D eigenvalue weighted by molar-refractivity contribution is 7.55. The van der Waals surface area contributed by atoms with Crippen molar-refractivity contribution >= 4 is 17.2 Å². The van der Waals surface area contributed by atoms with E-state index in [1.54, 1.807) is 0 Å². The molecule has 2 atom stereocenters. The van der Waals surface area contributed by atoms with Crippen LogP contribution in [0.1, 0.15) is 90.9 Å². The van der Waals surface area contributed by atoms with Gasteiger partial charge in [0.05, 0.1) is 13.2 Å². The van der Waals surface area contributed by atoms with Crippen molar-refractivity contribution in [2.45, 2.75) is 90.9 Å². The molecule has 0 bridgehead atoms. The molecule has 5 nitrogen and oxygen atoms in total. The Morgan fingerprint density at radius 3 is 1.79 bits per heavy atom. The standard InChI is InChI=1S/C22H40O5P2/c1-3-5-7-9-11-16-20-24-28(23)27-29(26-22-18-14-13-15-19-22)25-21-17-12-10-8-6-4-2/h13-15,18-19,23H,3-12,16-17,20-21H2,1-2H3. The third-order valence-corrected chi connectivity index (χ3v) is 6.70. The second-order valence-electron chi connectivity index (χ2n) is 7.15. The third-order valence-electron chi connectivity index (χ3n) is 4.45. The van der Waals surface area contributed by atoms with Gasteiger partial charge in [0.2, 0.25) is 0 Å². The molecule has 2 unspecified atom stereocenters. The van der Waals surface area contributed by atoms with E-state index in [1.807, 2.05) is 30.3 Å². The molecular formula is C22H40O5P2. The number of hydrogen-bond donors (Lipinski definition) is 1. The van der Waals surface area contributed by atoms with Crippen molar-refractivity contribution in [3.63, 3.8) is 0 Å². The predicted octanol–water partition coefficient (Wildman–Crippen LogP) is 8.28. The molecule has 0 saturated heterocycles. The van der Waals surface area contributed by atoms with Gasteiger partial charge in [-0.05, 0) is 25.0 Å². The molecule has 1 aromatic rings. The van der Waals surface area contributed by atoms with Crippen LogP contribution in [0.25, 0.3) is 0 Å². The number of rotatable bonds is 20. The van der Waals surface area contributed by atoms with Crippen LogP contribution < -0.4 is 4.52 Å². The fraction of sp³-hybridized carbons (Fsp3) is 0.727. The van der Waals surface area contributed by atoms with E-state index < -0.39 is 17.2 Å². The van der Waals surface area contributed by atoms with E-state index in [-0.39, 0.29) is 0 Å². The van der Waals surface area contributed by atoms with E-state index >= 15 is 0 Å². The average molecular weight is 447 g/mol. The monoisotopic (exact) mass is 446 g/mol. The lowest BCUT2D eigenvalue weighted by atomic mass is 10.1. The molecule has 0 aromatic heterocycles. The lowest BCUT2D eigenvalue weighted by molar-refractivity contribution is 0.218. The Morgan fingerprint density at radius 1 is 0.690 bits per heavy atom. The van der Waals surface area contributed by atoms with Gasteiger partial charge in [0.15, 0.2) is 0 Å². The fourth-order valence-electron chi connectivity index (χ4n) is 2.76. The quantitative estimate of drug-likeness (QED) is 0.161. The summed E-state index contributed by atoms with van der Waals surface area (Å²) in [5.41, 5.74) is 0. The van der Waals surface area contributed by atoms with Crippen LogP contribution in [0, 0.1) is 0 Å². The molecule has 0 aliphatic carbocycles. The molecule has 29 heavy (non-hydrogen) atoms. The van der Waals surface area contributed by atoms with Gasteiger partial charge in [-0.3, -0.25) is 0 Å². The van der Waals surface area contributed by atoms with Gasteiger partial charge < -0.3 is 18.5 Å². The molecular weight excluding hydrogens is 406 g/mol. The van der Waals surface area contributed by atoms with Gasteiger partial charge >= 0.3 is 17.2 Å². The van der Waals surface area contributed by atoms with Gasteiger partial charge in [-0.1, -0.05) is 96.3 Å². The molecule has 0 fully saturated rings. The molecule has 0 heterocycles. The Bertz CT molecular complexity index is 464. The van der Waals surface area contributed by atoms with E-state index in [0.29, 0.717) is 19.0 Å². The zero-order valence-corrected chi connectivity index (χ0v) is 20.0. The topological polar surface area (TPSA) is 57.2 Å². The molecule has 0 aliphatic rings. The van der Waals surface area contributed by atoms with Crippen LogP contribution in [0.5, 0.6) is 5.75 Å². The first-order valence-electron chi connectivity index (χ1n) is 11.2. The molecule has 1 rings (SSSR count). The number of benzene rings is 1. The SMILES string of the molecule is CCCCCCCCOP(O)OP(OCCCCCCCC)Oc1ccccc1. The zero-order valence-electron chi connectivity index (χ0n) is 18.3. The highest BCUT2D eigenvalue weighted by Crippen LogP contribution is 2.53. The molecule has 1 N–H and O–H groups in total. The van der Waals surface area contributed by atoms with Crippen LogP contribution in [-0.2, 0) is 13.4 Å². The van der Waals surface area contributed by atoms with Crippen LogP contribution in [0.4, 0.5) is 0 Å². The van der Waals surface area contributed by atoms with Crippen molar-refractivity contribution in [2.24, 2.45) is 0 Å². The second-order valence-corrected chi connectivity index (χ2v) is 9.42. The maximum Gasteiger partial charge on any atom is 0.404 e. The maximum atomic E-state index is 10.1. The molecule has 1 aromatic carbocycles. The summed E-state index contributed by atoms with van der Waals surface area (Å²) >= 11 is 0. The summed E-state index contributed by atoms with van der Waals surface area (Å²) in [7, 11) is -3.68. The predicted molar refractivity (Wildman–Crippen MR) is 123 cm³/mol. The molecule has 7 heteroatoms. The first-order valence-corrected chi connectivity index (χ1v) is 13.4. The van der Waals surface area contributed by atoms with Gasteiger partial charge in [0, 0.05) is 0 Å². The van der Waals surface area contributed by atoms with Crippen LogP contribution in [0.15, 0.2) is 30.3 Å². The summed E-state index contributed by atoms with van der Waals surface area (Å²) in [6.07, 6.45) is 14.2. The highest BCUT2D eigenvalue weighted by Gasteiger charge is 2.22. The van der Waals surface area contributed by atoms with Gasteiger partial charge in [-0.25, -0.2) is 4.31 Å². The van der Waals surface area contributed by atoms with E-state index in [1.165, 1.54) is 51.4 Å². The molecule has 0 amide bonds. The Morgan fingerprint density at radius 2 is 1.21 bits per heavy atom. The smallest absolute Gasteiger partial charge is 0.404 e. The largest absolute Gasteiger partial charge is 0.427 e. The lowest BCUT2D eigenvalue weighted by Gasteiger charge is -2.19. The van der Waals surface area contributed by atoms with E-state index in [0.717, 1.165) is 25.7 Å². The van der Waals surface area contributed by atoms with E-state index in [9.17, 15) is 4.89 Å². The summed E-state index contributed by atoms with van der Waals surface area (Å²) in [6, 6.07) is 9.42. The zero-order chi connectivity index (χ0) is 21.0. The molecule has 0 spiro atoms. The van der Waals surface area contributed by atoms with Gasteiger partial charge in [0.1, 0.15) is 5.75 Å². The highest BCUT2D eigenvalue weighted by atomic mass is 31.2. The van der Waals surface area contributed by atoms with E-state index in [4.69, 9.17) is 17.9 Å². The number of para-hydroxylation sites is 1. The Balaban J connectivity index is 2.27. The Kier molecular flexibility index (Phi) is 18.1. The van der Waals surface area contributed by atoms with Gasteiger partial charge in [-0.2, -0.15) is 0 Å². The van der Waals surface area contributed by atoms with Crippen molar-refractivity contribution in [1.29, 1.82) is 0 Å². The molecule has 0 saturated carbocycles. The maximum absolute atomic E-state index is 10.1. The molecule has 0 radical (unpaired) electrons. The minimum absolute atomic E-state index is 0.500. The summed E-state index contributed by atoms with van der Waals surface area (Å²) < 4.78 is 22.6. The second kappa shape index (κ2) is 19.7. The first-order chi connectivity index (χ1) is 14.3. The third kappa shape index (κ3) is 16.1. The van der Waals surface area contributed by atoms with Crippen molar-refractivity contribution in [3.05, 3.63) is 30.3 Å². The van der Waals surface area contributed by atoms with Crippen LogP contribution in [0.2, 0.25) is 0 Å². The van der Waals surface area contributed by atoms with Crippen LogP contribution in [0.3, 0.4) is 0 Å². The summed E-state index contributed by atoms with van der Waals surface area (Å²) in [4.78, 5) is 10.1. The summed E-state index contributed by atoms with van der Waals surface area (Å²) in [5, 5.41) is 0. The van der Waals surface area contributed by atoms with Crippen molar-refractivity contribution in [2.75, 3.05) is 13.2 Å². The van der Waals surface area contributed by atoms with Crippen LogP contribution in [-0.4, -0.2) is 18.1 Å². The van der Waals surface area contributed by atoms with E-state index in [2.05, 4.69) is 13.8 Å². The normalized spacial score (nSPS) is 13.3. The van der Waals surface area contributed by atoms with Crippen molar-refractivity contribution in [3.8, 4) is 5.75 Å². The van der Waals surface area contributed by atoms with Crippen molar-refractivity contribution in [1.82, 2.24) is 0 Å². The Labute approximate surface area is 180 Å². The molecule has 168 valence electrons. The summed E-state index contributed by atoms with van der Waals surface area (Å²) in [5.74, 6) is 0.667. The lowest BCUT2D eigenvalue weighted by Crippen LogP contribution is -1.99. The minimum atomic E-state index is -2.00. The van der Waals surface area contributed by atoms with Gasteiger partial charge in [0.25, 0.3) is 0 Å². The van der Waals surface area contributed by atoms with Crippen molar-refractivity contribution < 1.29 is 22.8 Å². The van der Waals surface area contributed by atoms with Crippen LogP contribution >= 0.6 is 17.2 Å². The summed E-state index contributed by atoms with van der Waals surface area (Å²) in [6.45, 7) is 5.49. The number of unbranched alkanes of at least 4 members (excludes halogenated alkanes) is 10. The van der Waals surface area contributed by atoms with Gasteiger partial charge in [-0.15, -0.1) is 0 Å². The molecule has 0 aliphatic heterocycles. The Hall–Kier alpha value is -0.280. The average Bonchev–Trinajstić information content (AvgIpc) is 2.73.